The van der Waals surface area contributed by atoms with Crippen LogP contribution in [0.25, 0.3) is 0 Å². The minimum Gasteiger partial charge on any atom is -0.396 e. The summed E-state index contributed by atoms with van der Waals surface area (Å²) in [5, 5.41) is 19.0. The molecule has 0 aromatic heterocycles. The highest BCUT2D eigenvalue weighted by Gasteiger charge is 2.61. The van der Waals surface area contributed by atoms with Crippen molar-refractivity contribution >= 4 is 0 Å². The molecule has 0 aromatic rings. The number of aliphatic hydroxyl groups excluding tert-OH is 1. The quantitative estimate of drug-likeness (QED) is 0.635. The van der Waals surface area contributed by atoms with Crippen LogP contribution < -0.4 is 0 Å². The average molecular weight is 182 g/mol. The molecule has 0 unspecified atom stereocenters. The van der Waals surface area contributed by atoms with Crippen molar-refractivity contribution in [3.8, 4) is 0 Å². The molecular formula is C11H18O2. The summed E-state index contributed by atoms with van der Waals surface area (Å²) in [7, 11) is 0. The van der Waals surface area contributed by atoms with Crippen LogP contribution in [0.2, 0.25) is 0 Å². The third-order valence-corrected chi connectivity index (χ3v) is 4.16. The van der Waals surface area contributed by atoms with Gasteiger partial charge < -0.3 is 10.2 Å². The minimum absolute atomic E-state index is 0.0201. The van der Waals surface area contributed by atoms with E-state index in [2.05, 4.69) is 19.9 Å². The molecule has 3 aliphatic carbocycles. The summed E-state index contributed by atoms with van der Waals surface area (Å²) in [4.78, 5) is 0. The third-order valence-electron chi connectivity index (χ3n) is 4.16. The van der Waals surface area contributed by atoms with Crippen LogP contribution in [0.15, 0.2) is 11.6 Å². The van der Waals surface area contributed by atoms with E-state index in [0.29, 0.717) is 5.92 Å². The number of rotatable bonds is 2. The Labute approximate surface area is 79.3 Å². The number of fused-ring (bicyclic) bond motifs is 1. The van der Waals surface area contributed by atoms with Gasteiger partial charge in [-0.05, 0) is 25.2 Å². The number of hydrogen-bond donors (Lipinski definition) is 2. The first-order valence-corrected chi connectivity index (χ1v) is 5.03. The molecule has 2 N–H and O–H groups in total. The van der Waals surface area contributed by atoms with E-state index >= 15 is 0 Å². The molecule has 2 bridgehead atoms. The molecule has 0 amide bonds. The Kier molecular flexibility index (Phi) is 1.83. The van der Waals surface area contributed by atoms with Gasteiger partial charge in [0.05, 0.1) is 5.60 Å². The normalized spacial score (nSPS) is 40.9. The minimum atomic E-state index is -0.462. The van der Waals surface area contributed by atoms with Crippen LogP contribution in [0, 0.1) is 11.3 Å². The monoisotopic (exact) mass is 182 g/mol. The summed E-state index contributed by atoms with van der Waals surface area (Å²) in [6.07, 6.45) is 4.57. The maximum absolute atomic E-state index is 10.1. The standard InChI is InChI=1S/C11H18O2/c1-10(2)9-7-11(10,13)5-3-8(9)4-6-12/h3,9,12-13H,4-7H2,1-2H3/t9-,11-/m1/s1. The second kappa shape index (κ2) is 2.58. The highest BCUT2D eigenvalue weighted by atomic mass is 16.3. The van der Waals surface area contributed by atoms with Crippen molar-refractivity contribution in [1.29, 1.82) is 0 Å². The fraction of sp³-hybridized carbons (Fsp3) is 0.818. The van der Waals surface area contributed by atoms with Crippen molar-refractivity contribution in [3.63, 3.8) is 0 Å². The molecule has 2 atom stereocenters. The first kappa shape index (κ1) is 9.22. The van der Waals surface area contributed by atoms with Crippen molar-refractivity contribution in [3.05, 3.63) is 11.6 Å². The lowest BCUT2D eigenvalue weighted by atomic mass is 9.45. The van der Waals surface area contributed by atoms with Gasteiger partial charge in [0.1, 0.15) is 0 Å². The molecule has 13 heavy (non-hydrogen) atoms. The fourth-order valence-electron chi connectivity index (χ4n) is 2.84. The molecule has 0 aliphatic heterocycles. The molecule has 3 rings (SSSR count). The summed E-state index contributed by atoms with van der Waals surface area (Å²) in [6, 6.07) is 0. The van der Waals surface area contributed by atoms with E-state index in [9.17, 15) is 5.11 Å². The molecule has 3 aliphatic rings. The predicted octanol–water partition coefficient (Wildman–Crippen LogP) is 1.48. The fourth-order valence-corrected chi connectivity index (χ4v) is 2.84. The Balaban J connectivity index is 2.21. The van der Waals surface area contributed by atoms with Gasteiger partial charge in [0.25, 0.3) is 0 Å². The summed E-state index contributed by atoms with van der Waals surface area (Å²) in [5.41, 5.74) is 0.909. The van der Waals surface area contributed by atoms with Gasteiger partial charge in [-0.3, -0.25) is 0 Å². The van der Waals surface area contributed by atoms with Gasteiger partial charge in [-0.15, -0.1) is 0 Å². The molecule has 2 heteroatoms. The van der Waals surface area contributed by atoms with E-state index in [1.165, 1.54) is 5.57 Å². The molecule has 0 saturated heterocycles. The number of hydrogen-bond acceptors (Lipinski definition) is 2. The highest BCUT2D eigenvalue weighted by molar-refractivity contribution is 5.29. The molecule has 0 radical (unpaired) electrons. The Morgan fingerprint density at radius 3 is 2.69 bits per heavy atom. The lowest BCUT2D eigenvalue weighted by Crippen LogP contribution is -2.62. The van der Waals surface area contributed by atoms with Crippen molar-refractivity contribution < 1.29 is 10.2 Å². The van der Waals surface area contributed by atoms with E-state index < -0.39 is 5.60 Å². The Hall–Kier alpha value is -0.340. The second-order valence-electron chi connectivity index (χ2n) is 4.97. The van der Waals surface area contributed by atoms with Gasteiger partial charge >= 0.3 is 0 Å². The molecule has 1 fully saturated rings. The van der Waals surface area contributed by atoms with Gasteiger partial charge in [0.2, 0.25) is 0 Å². The van der Waals surface area contributed by atoms with Crippen molar-refractivity contribution in [2.45, 2.75) is 38.7 Å². The Morgan fingerprint density at radius 2 is 2.23 bits per heavy atom. The lowest BCUT2D eigenvalue weighted by Gasteiger charge is -2.62. The van der Waals surface area contributed by atoms with Gasteiger partial charge in [-0.2, -0.15) is 0 Å². The average Bonchev–Trinajstić information content (AvgIpc) is 2.08. The Morgan fingerprint density at radius 1 is 1.54 bits per heavy atom. The molecule has 2 nitrogen and oxygen atoms in total. The van der Waals surface area contributed by atoms with Crippen molar-refractivity contribution in [2.75, 3.05) is 6.61 Å². The van der Waals surface area contributed by atoms with E-state index in [0.717, 1.165) is 19.3 Å². The molecule has 0 aromatic carbocycles. The SMILES string of the molecule is CC1(C)[C@@H]2C[C@]1(O)CC=C2CCO. The van der Waals surface area contributed by atoms with Gasteiger partial charge in [0, 0.05) is 12.0 Å². The van der Waals surface area contributed by atoms with Crippen LogP contribution in [0.3, 0.4) is 0 Å². The Bertz CT molecular complexity index is 255. The first-order valence-electron chi connectivity index (χ1n) is 5.03. The number of aliphatic hydroxyl groups is 2. The van der Waals surface area contributed by atoms with Crippen LogP contribution in [-0.4, -0.2) is 22.4 Å². The smallest absolute Gasteiger partial charge is 0.0744 e. The summed E-state index contributed by atoms with van der Waals surface area (Å²) in [5.74, 6) is 0.499. The molecule has 74 valence electrons. The van der Waals surface area contributed by atoms with Crippen LogP contribution in [0.1, 0.15) is 33.1 Å². The molecule has 0 spiro atoms. The summed E-state index contributed by atoms with van der Waals surface area (Å²) < 4.78 is 0. The van der Waals surface area contributed by atoms with Crippen molar-refractivity contribution in [1.82, 2.24) is 0 Å². The third kappa shape index (κ3) is 1.02. The van der Waals surface area contributed by atoms with Crippen LogP contribution >= 0.6 is 0 Å². The van der Waals surface area contributed by atoms with E-state index in [1.54, 1.807) is 0 Å². The van der Waals surface area contributed by atoms with Crippen molar-refractivity contribution in [2.24, 2.45) is 11.3 Å². The largest absolute Gasteiger partial charge is 0.396 e. The molecule has 0 heterocycles. The van der Waals surface area contributed by atoms with E-state index in [4.69, 9.17) is 5.11 Å². The van der Waals surface area contributed by atoms with Crippen LogP contribution in [0.4, 0.5) is 0 Å². The summed E-state index contributed by atoms with van der Waals surface area (Å²) >= 11 is 0. The second-order valence-corrected chi connectivity index (χ2v) is 4.97. The topological polar surface area (TPSA) is 40.5 Å². The first-order chi connectivity index (χ1) is 6.01. The predicted molar refractivity (Wildman–Crippen MR) is 51.2 cm³/mol. The summed E-state index contributed by atoms with van der Waals surface area (Å²) in [6.45, 7) is 4.49. The maximum Gasteiger partial charge on any atom is 0.0744 e. The van der Waals surface area contributed by atoms with Crippen LogP contribution in [0.5, 0.6) is 0 Å². The zero-order valence-corrected chi connectivity index (χ0v) is 8.38. The van der Waals surface area contributed by atoms with E-state index in [1.807, 2.05) is 0 Å². The van der Waals surface area contributed by atoms with Crippen LogP contribution in [-0.2, 0) is 0 Å². The van der Waals surface area contributed by atoms with E-state index in [-0.39, 0.29) is 12.0 Å². The van der Waals surface area contributed by atoms with Gasteiger partial charge in [-0.1, -0.05) is 25.5 Å². The molecule has 1 saturated carbocycles. The highest BCUT2D eigenvalue weighted by Crippen LogP contribution is 2.62. The van der Waals surface area contributed by atoms with Gasteiger partial charge in [-0.25, -0.2) is 0 Å². The zero-order valence-electron chi connectivity index (χ0n) is 8.38. The maximum atomic E-state index is 10.1. The molecular weight excluding hydrogens is 164 g/mol. The lowest BCUT2D eigenvalue weighted by molar-refractivity contribution is -0.189. The zero-order chi connectivity index (χ0) is 9.69. The van der Waals surface area contributed by atoms with Gasteiger partial charge in [0.15, 0.2) is 0 Å².